The Balaban J connectivity index is 1.56. The molecule has 0 bridgehead atoms. The standard InChI is InChI=1S/C16H14N2O4/c19-18(20)14-8-6-13(7-9-14)15-10-16(22-17-15)21-11-12-4-2-1-3-5-12/h1-9,16H,10-11H2. The highest BCUT2D eigenvalue weighted by Crippen LogP contribution is 2.20. The van der Waals surface area contributed by atoms with Crippen LogP contribution in [0, 0.1) is 10.1 Å². The van der Waals surface area contributed by atoms with Crippen molar-refractivity contribution in [1.82, 2.24) is 0 Å². The molecule has 0 spiro atoms. The first-order chi connectivity index (χ1) is 10.7. The molecule has 2 aromatic carbocycles. The van der Waals surface area contributed by atoms with E-state index in [2.05, 4.69) is 5.16 Å². The Labute approximate surface area is 127 Å². The van der Waals surface area contributed by atoms with Crippen LogP contribution in [0.4, 0.5) is 5.69 Å². The van der Waals surface area contributed by atoms with Gasteiger partial charge in [-0.2, -0.15) is 0 Å². The van der Waals surface area contributed by atoms with Crippen LogP contribution in [-0.4, -0.2) is 16.9 Å². The van der Waals surface area contributed by atoms with Crippen LogP contribution in [0.25, 0.3) is 0 Å². The minimum atomic E-state index is -0.428. The van der Waals surface area contributed by atoms with Crippen LogP contribution in [0.15, 0.2) is 59.8 Å². The molecular formula is C16H14N2O4. The van der Waals surface area contributed by atoms with Gasteiger partial charge in [0.05, 0.1) is 23.7 Å². The molecule has 22 heavy (non-hydrogen) atoms. The molecule has 1 heterocycles. The maximum atomic E-state index is 10.6. The summed E-state index contributed by atoms with van der Waals surface area (Å²) in [4.78, 5) is 15.5. The SMILES string of the molecule is O=[N+]([O-])c1ccc(C2=NOC(OCc3ccccc3)C2)cc1. The molecule has 3 rings (SSSR count). The van der Waals surface area contributed by atoms with Gasteiger partial charge in [-0.05, 0) is 17.7 Å². The number of ether oxygens (including phenoxy) is 1. The van der Waals surface area contributed by atoms with Crippen molar-refractivity contribution in [1.29, 1.82) is 0 Å². The second-order valence-corrected chi connectivity index (χ2v) is 4.88. The zero-order valence-corrected chi connectivity index (χ0v) is 11.7. The van der Waals surface area contributed by atoms with Crippen molar-refractivity contribution in [2.24, 2.45) is 5.16 Å². The molecule has 1 aliphatic rings. The van der Waals surface area contributed by atoms with E-state index in [1.54, 1.807) is 12.1 Å². The van der Waals surface area contributed by atoms with Crippen molar-refractivity contribution in [2.75, 3.05) is 0 Å². The summed E-state index contributed by atoms with van der Waals surface area (Å²) in [7, 11) is 0. The highest BCUT2D eigenvalue weighted by molar-refractivity contribution is 6.01. The molecule has 0 radical (unpaired) electrons. The fourth-order valence-corrected chi connectivity index (χ4v) is 2.15. The average molecular weight is 298 g/mol. The van der Waals surface area contributed by atoms with Crippen LogP contribution in [0.2, 0.25) is 0 Å². The Morgan fingerprint density at radius 1 is 1.18 bits per heavy atom. The first-order valence-electron chi connectivity index (χ1n) is 6.85. The number of nitrogens with zero attached hydrogens (tertiary/aromatic N) is 2. The van der Waals surface area contributed by atoms with Gasteiger partial charge >= 0.3 is 0 Å². The van der Waals surface area contributed by atoms with Crippen LogP contribution in [0.5, 0.6) is 0 Å². The van der Waals surface area contributed by atoms with E-state index in [1.807, 2.05) is 30.3 Å². The molecule has 6 heteroatoms. The third-order valence-corrected chi connectivity index (χ3v) is 3.33. The van der Waals surface area contributed by atoms with Gasteiger partial charge in [0.2, 0.25) is 6.29 Å². The summed E-state index contributed by atoms with van der Waals surface area (Å²) in [6, 6.07) is 16.1. The van der Waals surface area contributed by atoms with Gasteiger partial charge in [-0.3, -0.25) is 10.1 Å². The molecule has 1 aliphatic heterocycles. The normalized spacial score (nSPS) is 16.9. The Bertz CT molecular complexity index is 683. The third kappa shape index (κ3) is 3.29. The zero-order chi connectivity index (χ0) is 15.4. The molecule has 1 atom stereocenters. The van der Waals surface area contributed by atoms with Crippen LogP contribution in [0.3, 0.4) is 0 Å². The fourth-order valence-electron chi connectivity index (χ4n) is 2.15. The summed E-state index contributed by atoms with van der Waals surface area (Å²) < 4.78 is 5.66. The Kier molecular flexibility index (Phi) is 4.11. The molecule has 112 valence electrons. The van der Waals surface area contributed by atoms with Crippen molar-refractivity contribution < 1.29 is 14.5 Å². The molecule has 0 saturated carbocycles. The molecule has 0 saturated heterocycles. The molecule has 0 aromatic heterocycles. The number of nitro groups is 1. The summed E-state index contributed by atoms with van der Waals surface area (Å²) in [6.07, 6.45) is 0.0929. The first-order valence-corrected chi connectivity index (χ1v) is 6.85. The van der Waals surface area contributed by atoms with E-state index in [0.717, 1.165) is 16.8 Å². The Hall–Kier alpha value is -2.73. The molecule has 6 nitrogen and oxygen atoms in total. The van der Waals surface area contributed by atoms with E-state index in [-0.39, 0.29) is 5.69 Å². The van der Waals surface area contributed by atoms with Gasteiger partial charge in [0.1, 0.15) is 0 Å². The molecule has 0 amide bonds. The van der Waals surface area contributed by atoms with Crippen LogP contribution in [-0.2, 0) is 16.2 Å². The Morgan fingerprint density at radius 2 is 1.91 bits per heavy atom. The summed E-state index contributed by atoms with van der Waals surface area (Å²) in [5.41, 5.74) is 2.65. The smallest absolute Gasteiger partial charge is 0.269 e. The molecular weight excluding hydrogens is 284 g/mol. The number of nitro benzene ring substituents is 1. The highest BCUT2D eigenvalue weighted by Gasteiger charge is 2.23. The first kappa shape index (κ1) is 14.2. The maximum Gasteiger partial charge on any atom is 0.269 e. The number of hydrogen-bond donors (Lipinski definition) is 0. The van der Waals surface area contributed by atoms with Crippen molar-refractivity contribution in [3.63, 3.8) is 0 Å². The van der Waals surface area contributed by atoms with E-state index in [9.17, 15) is 10.1 Å². The molecule has 0 aliphatic carbocycles. The fraction of sp³-hybridized carbons (Fsp3) is 0.188. The highest BCUT2D eigenvalue weighted by atomic mass is 16.8. The van der Waals surface area contributed by atoms with Gasteiger partial charge in [0, 0.05) is 17.7 Å². The lowest BCUT2D eigenvalue weighted by Gasteiger charge is -2.09. The van der Waals surface area contributed by atoms with Gasteiger partial charge in [0.25, 0.3) is 5.69 Å². The van der Waals surface area contributed by atoms with E-state index in [0.29, 0.717) is 13.0 Å². The third-order valence-electron chi connectivity index (χ3n) is 3.33. The lowest BCUT2D eigenvalue weighted by Crippen LogP contribution is -2.13. The lowest BCUT2D eigenvalue weighted by molar-refractivity contribution is -0.384. The monoisotopic (exact) mass is 298 g/mol. The molecule has 2 aromatic rings. The predicted octanol–water partition coefficient (Wildman–Crippen LogP) is 3.26. The topological polar surface area (TPSA) is 74.0 Å². The average Bonchev–Trinajstić information content (AvgIpc) is 3.03. The van der Waals surface area contributed by atoms with Gasteiger partial charge in [-0.25, -0.2) is 0 Å². The summed E-state index contributed by atoms with van der Waals surface area (Å²) in [5, 5.41) is 14.6. The van der Waals surface area contributed by atoms with Gasteiger partial charge in [0.15, 0.2) is 0 Å². The van der Waals surface area contributed by atoms with E-state index >= 15 is 0 Å². The van der Waals surface area contributed by atoms with Crippen molar-refractivity contribution in [3.8, 4) is 0 Å². The number of oxime groups is 1. The van der Waals surface area contributed by atoms with E-state index in [4.69, 9.17) is 9.57 Å². The predicted molar refractivity (Wildman–Crippen MR) is 80.4 cm³/mol. The number of hydrogen-bond acceptors (Lipinski definition) is 5. The van der Waals surface area contributed by atoms with E-state index in [1.165, 1.54) is 12.1 Å². The minimum absolute atomic E-state index is 0.0557. The second-order valence-electron chi connectivity index (χ2n) is 4.88. The van der Waals surface area contributed by atoms with Gasteiger partial charge in [-0.15, -0.1) is 0 Å². The minimum Gasteiger partial charge on any atom is -0.363 e. The van der Waals surface area contributed by atoms with Crippen LogP contribution >= 0.6 is 0 Å². The number of benzene rings is 2. The molecule has 0 fully saturated rings. The van der Waals surface area contributed by atoms with Crippen LogP contribution < -0.4 is 0 Å². The van der Waals surface area contributed by atoms with E-state index < -0.39 is 11.2 Å². The molecule has 1 unspecified atom stereocenters. The quantitative estimate of drug-likeness (QED) is 0.627. The lowest BCUT2D eigenvalue weighted by atomic mass is 10.1. The summed E-state index contributed by atoms with van der Waals surface area (Å²) >= 11 is 0. The Morgan fingerprint density at radius 3 is 2.59 bits per heavy atom. The second kappa shape index (κ2) is 6.36. The van der Waals surface area contributed by atoms with Crippen molar-refractivity contribution in [3.05, 3.63) is 75.8 Å². The number of non-ortho nitro benzene ring substituents is 1. The molecule has 0 N–H and O–H groups in total. The van der Waals surface area contributed by atoms with Crippen molar-refractivity contribution >= 4 is 11.4 Å². The van der Waals surface area contributed by atoms with Crippen molar-refractivity contribution in [2.45, 2.75) is 19.3 Å². The van der Waals surface area contributed by atoms with Gasteiger partial charge < -0.3 is 9.57 Å². The summed E-state index contributed by atoms with van der Waals surface area (Å²) in [5.74, 6) is 0. The van der Waals surface area contributed by atoms with Crippen LogP contribution in [0.1, 0.15) is 17.5 Å². The largest absolute Gasteiger partial charge is 0.363 e. The zero-order valence-electron chi connectivity index (χ0n) is 11.7. The van der Waals surface area contributed by atoms with Gasteiger partial charge in [-0.1, -0.05) is 35.5 Å². The maximum absolute atomic E-state index is 10.6. The summed E-state index contributed by atoms with van der Waals surface area (Å²) in [6.45, 7) is 0.453. The number of rotatable bonds is 5.